The lowest BCUT2D eigenvalue weighted by Crippen LogP contribution is -2.20. The number of hydrogen-bond acceptors (Lipinski definition) is 1. The zero-order valence-electron chi connectivity index (χ0n) is 16.6. The fraction of sp³-hybridized carbons (Fsp3) is 0.905. The van der Waals surface area contributed by atoms with Crippen molar-refractivity contribution in [3.8, 4) is 0 Å². The van der Waals surface area contributed by atoms with Gasteiger partial charge in [-0.2, -0.15) is 0 Å². The van der Waals surface area contributed by atoms with Gasteiger partial charge >= 0.3 is 0 Å². The largest absolute Gasteiger partial charge is 0.389 e. The average Bonchev–Trinajstić information content (AvgIpc) is 2.47. The quantitative estimate of drug-likeness (QED) is 0.363. The maximum absolute atomic E-state index is 4.16. The summed E-state index contributed by atoms with van der Waals surface area (Å²) in [5.74, 6) is 0.819. The van der Waals surface area contributed by atoms with Crippen LogP contribution in [0.15, 0.2) is 12.3 Å². The minimum absolute atomic E-state index is 0.464. The molecule has 0 rings (SSSR count). The molecule has 0 aromatic carbocycles. The van der Waals surface area contributed by atoms with Crippen molar-refractivity contribution < 1.29 is 0 Å². The third-order valence-corrected chi connectivity index (χ3v) is 5.48. The predicted octanol–water partition coefficient (Wildman–Crippen LogP) is 6.94. The number of rotatable bonds is 13. The Kier molecular flexibility index (Phi) is 10.1. The van der Waals surface area contributed by atoms with Gasteiger partial charge in [-0.05, 0) is 55.3 Å². The summed E-state index contributed by atoms with van der Waals surface area (Å²) in [5.41, 5.74) is 2.19. The molecule has 0 saturated carbocycles. The van der Waals surface area contributed by atoms with Gasteiger partial charge in [0, 0.05) is 12.2 Å². The lowest BCUT2D eigenvalue weighted by molar-refractivity contribution is 0.219. The molecule has 0 aromatic rings. The molecule has 0 bridgehead atoms. The molecule has 1 atom stereocenters. The molecule has 1 N–H and O–H groups in total. The summed E-state index contributed by atoms with van der Waals surface area (Å²) >= 11 is 0. The summed E-state index contributed by atoms with van der Waals surface area (Å²) in [7, 11) is 0. The first-order chi connectivity index (χ1) is 10.1. The summed E-state index contributed by atoms with van der Waals surface area (Å²) in [6.07, 6.45) is 10.2. The van der Waals surface area contributed by atoms with Gasteiger partial charge in [-0.1, -0.05) is 67.9 Å². The molecule has 0 heterocycles. The van der Waals surface area contributed by atoms with Crippen molar-refractivity contribution in [2.45, 2.75) is 99.8 Å². The lowest BCUT2D eigenvalue weighted by Gasteiger charge is -2.30. The highest BCUT2D eigenvalue weighted by molar-refractivity contribution is 4.91. The van der Waals surface area contributed by atoms with Gasteiger partial charge in [0.05, 0.1) is 0 Å². The van der Waals surface area contributed by atoms with E-state index in [9.17, 15) is 0 Å². The highest BCUT2D eigenvalue weighted by Gasteiger charge is 2.22. The highest BCUT2D eigenvalue weighted by Crippen LogP contribution is 2.35. The first-order valence-corrected chi connectivity index (χ1v) is 9.53. The van der Waals surface area contributed by atoms with Crippen LogP contribution in [0.1, 0.15) is 99.8 Å². The Morgan fingerprint density at radius 2 is 1.59 bits per heavy atom. The second-order valence-corrected chi connectivity index (χ2v) is 8.87. The molecule has 0 spiro atoms. The van der Waals surface area contributed by atoms with Gasteiger partial charge in [-0.25, -0.2) is 0 Å². The van der Waals surface area contributed by atoms with E-state index in [1.54, 1.807) is 0 Å². The zero-order chi connectivity index (χ0) is 17.2. The van der Waals surface area contributed by atoms with Crippen molar-refractivity contribution in [1.82, 2.24) is 5.32 Å². The molecule has 0 fully saturated rings. The molecule has 0 radical (unpaired) electrons. The van der Waals surface area contributed by atoms with Crippen LogP contribution >= 0.6 is 0 Å². The van der Waals surface area contributed by atoms with Crippen LogP contribution in [0.25, 0.3) is 0 Å². The van der Waals surface area contributed by atoms with E-state index in [2.05, 4.69) is 60.4 Å². The number of allylic oxidation sites excluding steroid dienone is 1. The molecular formula is C21H43N. The van der Waals surface area contributed by atoms with E-state index in [1.807, 2.05) is 0 Å². The Bertz CT molecular complexity index is 301. The summed E-state index contributed by atoms with van der Waals surface area (Å²) in [4.78, 5) is 0. The molecule has 0 amide bonds. The molecule has 0 aromatic heterocycles. The van der Waals surface area contributed by atoms with Crippen molar-refractivity contribution in [3.63, 3.8) is 0 Å². The van der Waals surface area contributed by atoms with Crippen molar-refractivity contribution in [3.05, 3.63) is 12.3 Å². The van der Waals surface area contributed by atoms with E-state index >= 15 is 0 Å². The Hall–Kier alpha value is -0.460. The van der Waals surface area contributed by atoms with Crippen molar-refractivity contribution in [2.75, 3.05) is 6.54 Å². The van der Waals surface area contributed by atoms with Crippen LogP contribution in [0, 0.1) is 16.7 Å². The van der Waals surface area contributed by atoms with Crippen LogP contribution in [0.4, 0.5) is 0 Å². The second-order valence-electron chi connectivity index (χ2n) is 8.87. The topological polar surface area (TPSA) is 12.0 Å². The third kappa shape index (κ3) is 11.2. The van der Waals surface area contributed by atoms with Gasteiger partial charge in [0.15, 0.2) is 0 Å². The molecule has 0 aliphatic heterocycles. The lowest BCUT2D eigenvalue weighted by atomic mass is 9.76. The van der Waals surface area contributed by atoms with E-state index in [0.29, 0.717) is 10.8 Å². The molecule has 132 valence electrons. The van der Waals surface area contributed by atoms with Gasteiger partial charge in [0.2, 0.25) is 0 Å². The maximum atomic E-state index is 4.16. The fourth-order valence-corrected chi connectivity index (χ4v) is 2.52. The Labute approximate surface area is 141 Å². The van der Waals surface area contributed by atoms with Crippen LogP contribution in [-0.2, 0) is 0 Å². The third-order valence-electron chi connectivity index (χ3n) is 5.48. The van der Waals surface area contributed by atoms with E-state index in [0.717, 1.165) is 18.9 Å². The van der Waals surface area contributed by atoms with Crippen molar-refractivity contribution in [1.29, 1.82) is 0 Å². The normalized spacial score (nSPS) is 14.0. The first-order valence-electron chi connectivity index (χ1n) is 9.53. The summed E-state index contributed by atoms with van der Waals surface area (Å²) in [6.45, 7) is 21.8. The van der Waals surface area contributed by atoms with Crippen LogP contribution in [0.3, 0.4) is 0 Å². The fourth-order valence-electron chi connectivity index (χ4n) is 2.52. The monoisotopic (exact) mass is 309 g/mol. The summed E-state index contributed by atoms with van der Waals surface area (Å²) in [5, 5.41) is 3.52. The molecule has 1 unspecified atom stereocenters. The average molecular weight is 310 g/mol. The number of nitrogens with one attached hydrogen (secondary N) is 1. The Morgan fingerprint density at radius 3 is 2.14 bits per heavy atom. The minimum Gasteiger partial charge on any atom is -0.389 e. The van der Waals surface area contributed by atoms with E-state index in [1.165, 1.54) is 50.6 Å². The van der Waals surface area contributed by atoms with Gasteiger partial charge < -0.3 is 5.32 Å². The first kappa shape index (κ1) is 21.5. The Balaban J connectivity index is 3.82. The van der Waals surface area contributed by atoms with E-state index < -0.39 is 0 Å². The molecule has 0 aliphatic rings. The number of hydrogen-bond donors (Lipinski definition) is 1. The zero-order valence-corrected chi connectivity index (χ0v) is 16.6. The van der Waals surface area contributed by atoms with Crippen LogP contribution in [0.5, 0.6) is 0 Å². The Morgan fingerprint density at radius 1 is 1.00 bits per heavy atom. The molecular weight excluding hydrogens is 266 g/mol. The van der Waals surface area contributed by atoms with Crippen LogP contribution in [0.2, 0.25) is 0 Å². The standard InChI is InChI=1S/C21H43N/c1-9-18(3)12-13-19(4)22-17-11-14-21(7,8)16-15-20(5,6)10-2/h18,22H,4,9-17H2,1-3,5-8H3. The molecule has 0 aliphatic carbocycles. The molecule has 1 nitrogen and oxygen atoms in total. The van der Waals surface area contributed by atoms with Gasteiger partial charge in [0.25, 0.3) is 0 Å². The van der Waals surface area contributed by atoms with E-state index in [4.69, 9.17) is 0 Å². The molecule has 22 heavy (non-hydrogen) atoms. The minimum atomic E-state index is 0.464. The van der Waals surface area contributed by atoms with Crippen LogP contribution in [-0.4, -0.2) is 6.54 Å². The summed E-state index contributed by atoms with van der Waals surface area (Å²) < 4.78 is 0. The van der Waals surface area contributed by atoms with Gasteiger partial charge in [-0.15, -0.1) is 0 Å². The molecule has 0 saturated heterocycles. The van der Waals surface area contributed by atoms with E-state index in [-0.39, 0.29) is 0 Å². The summed E-state index contributed by atoms with van der Waals surface area (Å²) in [6, 6.07) is 0. The maximum Gasteiger partial charge on any atom is 0.0143 e. The van der Waals surface area contributed by atoms with Crippen molar-refractivity contribution in [2.24, 2.45) is 16.7 Å². The SMILES string of the molecule is C=C(CCC(C)CC)NCCCC(C)(C)CCC(C)(C)CC. The predicted molar refractivity (Wildman–Crippen MR) is 102 cm³/mol. The molecule has 1 heteroatoms. The van der Waals surface area contributed by atoms with Crippen LogP contribution < -0.4 is 5.32 Å². The smallest absolute Gasteiger partial charge is 0.0143 e. The van der Waals surface area contributed by atoms with Gasteiger partial charge in [-0.3, -0.25) is 0 Å². The van der Waals surface area contributed by atoms with Gasteiger partial charge in [0.1, 0.15) is 0 Å². The highest BCUT2D eigenvalue weighted by atomic mass is 14.9. The van der Waals surface area contributed by atoms with Crippen molar-refractivity contribution >= 4 is 0 Å². The second kappa shape index (κ2) is 10.3.